The van der Waals surface area contributed by atoms with Gasteiger partial charge in [0.05, 0.1) is 23.9 Å². The first-order valence-corrected chi connectivity index (χ1v) is 6.38. The van der Waals surface area contributed by atoms with Gasteiger partial charge in [0, 0.05) is 26.4 Å². The van der Waals surface area contributed by atoms with E-state index in [9.17, 15) is 9.90 Å². The highest BCUT2D eigenvalue weighted by atomic mass is 16.5. The zero-order valence-corrected chi connectivity index (χ0v) is 11.8. The van der Waals surface area contributed by atoms with E-state index in [4.69, 9.17) is 4.74 Å². The number of carboxylic acids is 1. The van der Waals surface area contributed by atoms with Gasteiger partial charge in [-0.25, -0.2) is 9.78 Å². The summed E-state index contributed by atoms with van der Waals surface area (Å²) in [5.41, 5.74) is 1.32. The number of fused-ring (bicyclic) bond motifs is 1. The number of aryl methyl sites for hydroxylation is 1. The van der Waals surface area contributed by atoms with Crippen molar-refractivity contribution in [2.45, 2.75) is 19.4 Å². The summed E-state index contributed by atoms with van der Waals surface area (Å²) in [6.45, 7) is 2.51. The lowest BCUT2D eigenvalue weighted by atomic mass is 10.1. The molecule has 0 fully saturated rings. The topological polar surface area (TPSA) is 89.3 Å². The standard InChI is InChI=1S/C13H18N4O3/c1-4-8(7-20-3)16-11-9-6-15-17(2)12(9)14-5-10(11)13(18)19/h5-6,8H,4,7H2,1-3H3,(H,14,16)(H,18,19). The van der Waals surface area contributed by atoms with Crippen LogP contribution in [-0.2, 0) is 11.8 Å². The van der Waals surface area contributed by atoms with E-state index in [1.54, 1.807) is 25.0 Å². The van der Waals surface area contributed by atoms with Crippen LogP contribution in [0.15, 0.2) is 12.4 Å². The van der Waals surface area contributed by atoms with Crippen LogP contribution < -0.4 is 5.32 Å². The number of carboxylic acid groups (broad SMARTS) is 1. The summed E-state index contributed by atoms with van der Waals surface area (Å²) in [6.07, 6.45) is 3.79. The van der Waals surface area contributed by atoms with Crippen LogP contribution in [0.5, 0.6) is 0 Å². The Kier molecular flexibility index (Phi) is 4.19. The number of aromatic nitrogens is 3. The molecule has 2 aromatic heterocycles. The van der Waals surface area contributed by atoms with Crippen molar-refractivity contribution in [3.63, 3.8) is 0 Å². The van der Waals surface area contributed by atoms with Gasteiger partial charge in [-0.05, 0) is 6.42 Å². The Morgan fingerprint density at radius 3 is 2.90 bits per heavy atom. The molecular formula is C13H18N4O3. The molecule has 2 rings (SSSR count). The van der Waals surface area contributed by atoms with Crippen LogP contribution in [0.3, 0.4) is 0 Å². The van der Waals surface area contributed by atoms with Crippen molar-refractivity contribution in [2.24, 2.45) is 7.05 Å². The first-order valence-electron chi connectivity index (χ1n) is 6.38. The molecule has 2 heterocycles. The van der Waals surface area contributed by atoms with Crippen molar-refractivity contribution in [1.82, 2.24) is 14.8 Å². The number of nitrogens with one attached hydrogen (secondary N) is 1. The molecule has 7 nitrogen and oxygen atoms in total. The summed E-state index contributed by atoms with van der Waals surface area (Å²) in [4.78, 5) is 15.5. The fraction of sp³-hybridized carbons (Fsp3) is 0.462. The highest BCUT2D eigenvalue weighted by molar-refractivity contribution is 6.03. The van der Waals surface area contributed by atoms with Crippen LogP contribution in [0.1, 0.15) is 23.7 Å². The molecule has 20 heavy (non-hydrogen) atoms. The molecule has 108 valence electrons. The van der Waals surface area contributed by atoms with Gasteiger partial charge in [-0.2, -0.15) is 5.10 Å². The number of pyridine rings is 1. The maximum atomic E-state index is 11.4. The van der Waals surface area contributed by atoms with E-state index >= 15 is 0 Å². The van der Waals surface area contributed by atoms with E-state index in [1.807, 2.05) is 6.92 Å². The fourth-order valence-corrected chi connectivity index (χ4v) is 2.08. The molecule has 0 saturated heterocycles. The van der Waals surface area contributed by atoms with Gasteiger partial charge < -0.3 is 15.2 Å². The summed E-state index contributed by atoms with van der Waals surface area (Å²) >= 11 is 0. The molecule has 2 N–H and O–H groups in total. The van der Waals surface area contributed by atoms with Gasteiger partial charge in [-0.3, -0.25) is 4.68 Å². The van der Waals surface area contributed by atoms with Crippen LogP contribution in [-0.4, -0.2) is 45.6 Å². The van der Waals surface area contributed by atoms with E-state index in [1.165, 1.54) is 6.20 Å². The summed E-state index contributed by atoms with van der Waals surface area (Å²) < 4.78 is 6.75. The van der Waals surface area contributed by atoms with Crippen molar-refractivity contribution in [3.8, 4) is 0 Å². The van der Waals surface area contributed by atoms with Gasteiger partial charge >= 0.3 is 5.97 Å². The molecule has 0 amide bonds. The Labute approximate surface area is 116 Å². The number of nitrogens with zero attached hydrogens (tertiary/aromatic N) is 3. The first-order chi connectivity index (χ1) is 9.58. The van der Waals surface area contributed by atoms with Crippen LogP contribution in [0, 0.1) is 0 Å². The summed E-state index contributed by atoms with van der Waals surface area (Å²) in [6, 6.07) is 0.0314. The number of hydrogen-bond donors (Lipinski definition) is 2. The minimum Gasteiger partial charge on any atom is -0.478 e. The average molecular weight is 278 g/mol. The Bertz CT molecular complexity index is 623. The molecule has 0 spiro atoms. The predicted octanol–water partition coefficient (Wildman–Crippen LogP) is 1.50. The third kappa shape index (κ3) is 2.57. The van der Waals surface area contributed by atoms with Gasteiger partial charge in [0.1, 0.15) is 5.56 Å². The van der Waals surface area contributed by atoms with Gasteiger partial charge in [0.25, 0.3) is 0 Å². The van der Waals surface area contributed by atoms with Crippen LogP contribution >= 0.6 is 0 Å². The van der Waals surface area contributed by atoms with Crippen LogP contribution in [0.25, 0.3) is 11.0 Å². The van der Waals surface area contributed by atoms with Crippen LogP contribution in [0.4, 0.5) is 5.69 Å². The molecule has 0 aliphatic rings. The third-order valence-corrected chi connectivity index (χ3v) is 3.20. The molecule has 0 radical (unpaired) electrons. The quantitative estimate of drug-likeness (QED) is 0.832. The number of anilines is 1. The van der Waals surface area contributed by atoms with E-state index < -0.39 is 5.97 Å². The van der Waals surface area contributed by atoms with Gasteiger partial charge in [-0.1, -0.05) is 6.92 Å². The highest BCUT2D eigenvalue weighted by Crippen LogP contribution is 2.26. The largest absolute Gasteiger partial charge is 0.478 e. The Morgan fingerprint density at radius 2 is 2.30 bits per heavy atom. The minimum atomic E-state index is -1.02. The second kappa shape index (κ2) is 5.87. The fourth-order valence-electron chi connectivity index (χ4n) is 2.08. The monoisotopic (exact) mass is 278 g/mol. The number of methoxy groups -OCH3 is 1. The molecular weight excluding hydrogens is 260 g/mol. The van der Waals surface area contributed by atoms with E-state index in [0.717, 1.165) is 6.42 Å². The molecule has 0 aliphatic carbocycles. The van der Waals surface area contributed by atoms with Crippen molar-refractivity contribution in [1.29, 1.82) is 0 Å². The first kappa shape index (κ1) is 14.3. The highest BCUT2D eigenvalue weighted by Gasteiger charge is 2.19. The lowest BCUT2D eigenvalue weighted by Gasteiger charge is -2.19. The smallest absolute Gasteiger partial charge is 0.339 e. The molecule has 1 unspecified atom stereocenters. The van der Waals surface area contributed by atoms with Crippen LogP contribution in [0.2, 0.25) is 0 Å². The van der Waals surface area contributed by atoms with Gasteiger partial charge in [0.15, 0.2) is 5.65 Å². The Balaban J connectivity index is 2.51. The molecule has 1 atom stereocenters. The summed E-state index contributed by atoms with van der Waals surface area (Å²) in [5.74, 6) is -1.02. The van der Waals surface area contributed by atoms with E-state index in [0.29, 0.717) is 23.3 Å². The van der Waals surface area contributed by atoms with Crippen molar-refractivity contribution in [2.75, 3.05) is 19.0 Å². The lowest BCUT2D eigenvalue weighted by Crippen LogP contribution is -2.25. The van der Waals surface area contributed by atoms with Crippen molar-refractivity contribution >= 4 is 22.7 Å². The number of carbonyl (C=O) groups is 1. The van der Waals surface area contributed by atoms with E-state index in [-0.39, 0.29) is 11.6 Å². The van der Waals surface area contributed by atoms with Crippen molar-refractivity contribution in [3.05, 3.63) is 18.0 Å². The minimum absolute atomic E-state index is 0.0314. The second-order valence-corrected chi connectivity index (χ2v) is 4.56. The lowest BCUT2D eigenvalue weighted by molar-refractivity contribution is 0.0697. The van der Waals surface area contributed by atoms with E-state index in [2.05, 4.69) is 15.4 Å². The Hall–Kier alpha value is -2.15. The normalized spacial score (nSPS) is 12.6. The molecule has 0 aromatic carbocycles. The molecule has 2 aromatic rings. The molecule has 7 heteroatoms. The number of aromatic carboxylic acids is 1. The molecule has 0 aliphatic heterocycles. The number of ether oxygens (including phenoxy) is 1. The summed E-state index contributed by atoms with van der Waals surface area (Å²) in [5, 5.41) is 17.4. The molecule has 0 bridgehead atoms. The number of hydrogen-bond acceptors (Lipinski definition) is 5. The van der Waals surface area contributed by atoms with Crippen molar-refractivity contribution < 1.29 is 14.6 Å². The average Bonchev–Trinajstić information content (AvgIpc) is 2.80. The van der Waals surface area contributed by atoms with Gasteiger partial charge in [-0.15, -0.1) is 0 Å². The second-order valence-electron chi connectivity index (χ2n) is 4.56. The zero-order chi connectivity index (χ0) is 14.7. The Morgan fingerprint density at radius 1 is 1.55 bits per heavy atom. The third-order valence-electron chi connectivity index (χ3n) is 3.20. The van der Waals surface area contributed by atoms with Gasteiger partial charge in [0.2, 0.25) is 0 Å². The maximum absolute atomic E-state index is 11.4. The molecule has 0 saturated carbocycles. The maximum Gasteiger partial charge on any atom is 0.339 e. The number of rotatable bonds is 6. The summed E-state index contributed by atoms with van der Waals surface area (Å²) in [7, 11) is 3.39. The SMILES string of the molecule is CCC(COC)Nc1c(C(=O)O)cnc2c1cnn2C. The zero-order valence-electron chi connectivity index (χ0n) is 11.8. The predicted molar refractivity (Wildman–Crippen MR) is 75.0 cm³/mol.